The van der Waals surface area contributed by atoms with Crippen molar-refractivity contribution in [2.45, 2.75) is 27.2 Å². The molecule has 6 heteroatoms. The molecule has 0 saturated carbocycles. The van der Waals surface area contributed by atoms with Crippen LogP contribution in [0.2, 0.25) is 5.15 Å². The monoisotopic (exact) mass is 323 g/mol. The highest BCUT2D eigenvalue weighted by Crippen LogP contribution is 2.37. The number of pyridine rings is 1. The second-order valence-electron chi connectivity index (χ2n) is 3.83. The van der Waals surface area contributed by atoms with E-state index in [1.807, 2.05) is 32.9 Å². The lowest BCUT2D eigenvalue weighted by Crippen LogP contribution is -2.05. The van der Waals surface area contributed by atoms with Crippen LogP contribution in [0.5, 0.6) is 0 Å². The number of anilines is 1. The van der Waals surface area contributed by atoms with Crippen LogP contribution >= 0.6 is 11.6 Å². The third kappa shape index (κ3) is 4.70. The molecule has 0 aliphatic rings. The fourth-order valence-electron chi connectivity index (χ4n) is 1.77. The van der Waals surface area contributed by atoms with Gasteiger partial charge in [-0.25, -0.2) is 4.98 Å². The van der Waals surface area contributed by atoms with E-state index < -0.39 is 4.92 Å². The number of benzene rings is 1. The zero-order chi connectivity index (χ0) is 17.1. The number of hydrogen-bond donors (Lipinski definition) is 1. The lowest BCUT2D eigenvalue weighted by Gasteiger charge is -2.10. The van der Waals surface area contributed by atoms with Gasteiger partial charge in [-0.05, 0) is 12.5 Å². The molecule has 1 N–H and O–H groups in total. The SMILES string of the molecule is C=C.CC.CCCNc1c([N+](=O)[O-])c(Cl)nc2ccccc12. The normalized spacial score (nSPS) is 9.09. The molecule has 0 aliphatic carbocycles. The number of hydrogen-bond acceptors (Lipinski definition) is 4. The number of nitrogens with one attached hydrogen (secondary N) is 1. The summed E-state index contributed by atoms with van der Waals surface area (Å²) in [4.78, 5) is 14.6. The molecule has 0 amide bonds. The smallest absolute Gasteiger partial charge is 0.329 e. The molecule has 0 bridgehead atoms. The van der Waals surface area contributed by atoms with Crippen molar-refractivity contribution in [2.24, 2.45) is 0 Å². The van der Waals surface area contributed by atoms with E-state index >= 15 is 0 Å². The van der Waals surface area contributed by atoms with Gasteiger partial charge in [0.1, 0.15) is 5.69 Å². The van der Waals surface area contributed by atoms with Gasteiger partial charge in [0.15, 0.2) is 0 Å². The Labute approximate surface area is 136 Å². The average molecular weight is 324 g/mol. The predicted octanol–water partition coefficient (Wildman–Crippen LogP) is 5.45. The van der Waals surface area contributed by atoms with Crippen LogP contribution in [0.15, 0.2) is 37.4 Å². The average Bonchev–Trinajstić information content (AvgIpc) is 2.55. The Hall–Kier alpha value is -2.14. The first-order valence-corrected chi connectivity index (χ1v) is 7.49. The number of rotatable bonds is 4. The van der Waals surface area contributed by atoms with E-state index in [9.17, 15) is 10.1 Å². The predicted molar refractivity (Wildman–Crippen MR) is 94.8 cm³/mol. The van der Waals surface area contributed by atoms with Crippen LogP contribution in [0.1, 0.15) is 27.2 Å². The van der Waals surface area contributed by atoms with Crippen LogP contribution in [0, 0.1) is 10.1 Å². The van der Waals surface area contributed by atoms with Gasteiger partial charge in [0.25, 0.3) is 0 Å². The number of para-hydroxylation sites is 1. The zero-order valence-corrected chi connectivity index (χ0v) is 14.0. The summed E-state index contributed by atoms with van der Waals surface area (Å²) >= 11 is 5.89. The molecule has 0 aliphatic heterocycles. The Bertz CT molecular complexity index is 618. The summed E-state index contributed by atoms with van der Waals surface area (Å²) in [5, 5.41) is 14.8. The Balaban J connectivity index is 0.00000102. The number of fused-ring (bicyclic) bond motifs is 1. The van der Waals surface area contributed by atoms with Crippen molar-refractivity contribution in [1.29, 1.82) is 0 Å². The molecule has 1 aromatic carbocycles. The molecule has 0 radical (unpaired) electrons. The molecule has 0 fully saturated rings. The molecule has 120 valence electrons. The highest BCUT2D eigenvalue weighted by molar-refractivity contribution is 6.33. The second-order valence-corrected chi connectivity index (χ2v) is 4.19. The van der Waals surface area contributed by atoms with Gasteiger partial charge in [0.2, 0.25) is 5.15 Å². The van der Waals surface area contributed by atoms with E-state index in [2.05, 4.69) is 23.5 Å². The minimum Gasteiger partial charge on any atom is -0.379 e. The van der Waals surface area contributed by atoms with E-state index in [1.54, 1.807) is 12.1 Å². The van der Waals surface area contributed by atoms with Gasteiger partial charge in [-0.1, -0.05) is 50.6 Å². The van der Waals surface area contributed by atoms with Gasteiger partial charge in [-0.3, -0.25) is 10.1 Å². The van der Waals surface area contributed by atoms with Crippen molar-refractivity contribution in [3.05, 3.63) is 52.7 Å². The van der Waals surface area contributed by atoms with E-state index in [0.29, 0.717) is 23.1 Å². The molecule has 1 heterocycles. The zero-order valence-electron chi connectivity index (χ0n) is 13.2. The highest BCUT2D eigenvalue weighted by atomic mass is 35.5. The molecular weight excluding hydrogens is 302 g/mol. The van der Waals surface area contributed by atoms with Crippen LogP contribution in [-0.4, -0.2) is 16.5 Å². The third-order valence-electron chi connectivity index (χ3n) is 2.56. The van der Waals surface area contributed by atoms with Crippen molar-refractivity contribution in [3.63, 3.8) is 0 Å². The Morgan fingerprint density at radius 3 is 2.45 bits per heavy atom. The van der Waals surface area contributed by atoms with Crippen LogP contribution < -0.4 is 5.32 Å². The lowest BCUT2D eigenvalue weighted by atomic mass is 10.1. The van der Waals surface area contributed by atoms with Gasteiger partial charge in [0.05, 0.1) is 10.4 Å². The summed E-state index contributed by atoms with van der Waals surface area (Å²) in [6.45, 7) is 12.6. The van der Waals surface area contributed by atoms with Crippen molar-refractivity contribution >= 4 is 33.9 Å². The quantitative estimate of drug-likeness (QED) is 0.352. The molecule has 5 nitrogen and oxygen atoms in total. The standard InChI is InChI=1S/C12H12ClN3O2.C2H6.C2H4/c1-2-7-14-10-8-5-3-4-6-9(8)15-12(13)11(10)16(17)18;2*1-2/h3-6H,2,7H2,1H3,(H,14,15);1-2H3;1-2H2. The first-order chi connectivity index (χ1) is 10.6. The summed E-state index contributed by atoms with van der Waals surface area (Å²) < 4.78 is 0. The summed E-state index contributed by atoms with van der Waals surface area (Å²) in [6, 6.07) is 7.21. The van der Waals surface area contributed by atoms with Crippen LogP contribution in [0.3, 0.4) is 0 Å². The second kappa shape index (κ2) is 10.6. The largest absolute Gasteiger partial charge is 0.379 e. The molecule has 1 aromatic heterocycles. The molecule has 0 atom stereocenters. The third-order valence-corrected chi connectivity index (χ3v) is 2.82. The summed E-state index contributed by atoms with van der Waals surface area (Å²) in [6.07, 6.45) is 0.866. The summed E-state index contributed by atoms with van der Waals surface area (Å²) in [5.41, 5.74) is 0.924. The first-order valence-electron chi connectivity index (χ1n) is 7.11. The first kappa shape index (κ1) is 19.9. The Kier molecular flexibility index (Phi) is 9.54. The minimum absolute atomic E-state index is 0.0858. The number of nitrogens with zero attached hydrogens (tertiary/aromatic N) is 2. The Morgan fingerprint density at radius 2 is 1.91 bits per heavy atom. The maximum absolute atomic E-state index is 11.1. The fraction of sp³-hybridized carbons (Fsp3) is 0.312. The van der Waals surface area contributed by atoms with Crippen molar-refractivity contribution < 1.29 is 4.92 Å². The molecule has 22 heavy (non-hydrogen) atoms. The fourth-order valence-corrected chi connectivity index (χ4v) is 2.02. The van der Waals surface area contributed by atoms with E-state index in [-0.39, 0.29) is 10.8 Å². The highest BCUT2D eigenvalue weighted by Gasteiger charge is 2.23. The Morgan fingerprint density at radius 1 is 1.32 bits per heavy atom. The van der Waals surface area contributed by atoms with Crippen LogP contribution in [0.4, 0.5) is 11.4 Å². The van der Waals surface area contributed by atoms with Gasteiger partial charge in [-0.2, -0.15) is 0 Å². The number of halogens is 1. The van der Waals surface area contributed by atoms with E-state index in [1.165, 1.54) is 0 Å². The molecule has 0 saturated heterocycles. The van der Waals surface area contributed by atoms with E-state index in [0.717, 1.165) is 6.42 Å². The molecule has 2 rings (SSSR count). The van der Waals surface area contributed by atoms with Gasteiger partial charge < -0.3 is 5.32 Å². The maximum atomic E-state index is 11.1. The lowest BCUT2D eigenvalue weighted by molar-refractivity contribution is -0.384. The molecule has 0 spiro atoms. The number of aromatic nitrogens is 1. The van der Waals surface area contributed by atoms with Gasteiger partial charge in [0, 0.05) is 11.9 Å². The molecule has 0 unspecified atom stereocenters. The summed E-state index contributed by atoms with van der Waals surface area (Å²) in [7, 11) is 0. The molecule has 2 aromatic rings. The minimum atomic E-state index is -0.500. The molecular formula is C16H22ClN3O2. The maximum Gasteiger partial charge on any atom is 0.329 e. The topological polar surface area (TPSA) is 68.1 Å². The van der Waals surface area contributed by atoms with E-state index in [4.69, 9.17) is 11.6 Å². The van der Waals surface area contributed by atoms with Crippen LogP contribution in [-0.2, 0) is 0 Å². The van der Waals surface area contributed by atoms with Crippen LogP contribution in [0.25, 0.3) is 10.9 Å². The van der Waals surface area contributed by atoms with Gasteiger partial charge in [-0.15, -0.1) is 13.2 Å². The van der Waals surface area contributed by atoms with Crippen molar-refractivity contribution in [3.8, 4) is 0 Å². The van der Waals surface area contributed by atoms with Gasteiger partial charge >= 0.3 is 5.69 Å². The van der Waals surface area contributed by atoms with Crippen molar-refractivity contribution in [2.75, 3.05) is 11.9 Å². The number of nitro groups is 1. The van der Waals surface area contributed by atoms with Crippen molar-refractivity contribution in [1.82, 2.24) is 4.98 Å². The summed E-state index contributed by atoms with van der Waals surface area (Å²) in [5.74, 6) is 0.